The van der Waals surface area contributed by atoms with Crippen LogP contribution in [0.15, 0.2) is 30.6 Å². The molecule has 0 saturated heterocycles. The summed E-state index contributed by atoms with van der Waals surface area (Å²) >= 11 is 5.84. The first-order valence-electron chi connectivity index (χ1n) is 7.60. The van der Waals surface area contributed by atoms with Gasteiger partial charge in [0, 0.05) is 23.5 Å². The normalized spacial score (nSPS) is 15.6. The summed E-state index contributed by atoms with van der Waals surface area (Å²) in [6, 6.07) is 4.84. The fraction of sp³-hybridized carbons (Fsp3) is 0.222. The lowest BCUT2D eigenvalue weighted by Gasteiger charge is -2.31. The number of amides is 1. The molecule has 7 heteroatoms. The lowest BCUT2D eigenvalue weighted by Crippen LogP contribution is -2.43. The van der Waals surface area contributed by atoms with E-state index in [-0.39, 0.29) is 22.2 Å². The predicted octanol–water partition coefficient (Wildman–Crippen LogP) is 3.51. The molecule has 2 aromatic rings. The van der Waals surface area contributed by atoms with Crippen molar-refractivity contribution in [2.24, 2.45) is 0 Å². The van der Waals surface area contributed by atoms with Crippen LogP contribution < -0.4 is 4.90 Å². The molecule has 25 heavy (non-hydrogen) atoms. The molecule has 1 amide bonds. The van der Waals surface area contributed by atoms with Gasteiger partial charge in [0.05, 0.1) is 21.9 Å². The van der Waals surface area contributed by atoms with Crippen molar-refractivity contribution in [2.75, 3.05) is 4.90 Å². The summed E-state index contributed by atoms with van der Waals surface area (Å²) in [5.74, 6) is -0.849. The number of aromatic nitrogens is 2. The minimum atomic E-state index is -1.16. The van der Waals surface area contributed by atoms with Crippen molar-refractivity contribution in [3.63, 3.8) is 0 Å². The van der Waals surface area contributed by atoms with Crippen LogP contribution in [0.25, 0.3) is 11.6 Å². The fourth-order valence-electron chi connectivity index (χ4n) is 2.75. The quantitative estimate of drug-likeness (QED) is 0.831. The zero-order valence-corrected chi connectivity index (χ0v) is 14.7. The Bertz CT molecular complexity index is 916. The number of rotatable bonds is 2. The van der Waals surface area contributed by atoms with Crippen LogP contribution >= 0.6 is 11.6 Å². The maximum absolute atomic E-state index is 13.0. The molecule has 0 unspecified atom stereocenters. The molecule has 3 heterocycles. The Morgan fingerprint density at radius 3 is 2.68 bits per heavy atom. The van der Waals surface area contributed by atoms with Crippen LogP contribution in [0.3, 0.4) is 0 Å². The summed E-state index contributed by atoms with van der Waals surface area (Å²) in [5.41, 5.74) is 0.642. The second kappa shape index (κ2) is 5.97. The molecule has 1 aliphatic rings. The van der Waals surface area contributed by atoms with Crippen LogP contribution in [0, 0.1) is 0 Å². The van der Waals surface area contributed by atoms with Gasteiger partial charge >= 0.3 is 5.97 Å². The lowest BCUT2D eigenvalue weighted by molar-refractivity contribution is -0.113. The third kappa shape index (κ3) is 3.00. The van der Waals surface area contributed by atoms with Gasteiger partial charge < -0.3 is 5.11 Å². The molecule has 0 spiro atoms. The number of hydrogen-bond acceptors (Lipinski definition) is 4. The molecule has 0 bridgehead atoms. The first-order valence-corrected chi connectivity index (χ1v) is 7.98. The van der Waals surface area contributed by atoms with Crippen molar-refractivity contribution in [1.82, 2.24) is 9.97 Å². The van der Waals surface area contributed by atoms with Crippen molar-refractivity contribution in [3.05, 3.63) is 52.4 Å². The highest BCUT2D eigenvalue weighted by Gasteiger charge is 2.40. The molecule has 1 N–H and O–H groups in total. The van der Waals surface area contributed by atoms with Crippen LogP contribution in [-0.2, 0) is 4.79 Å². The van der Waals surface area contributed by atoms with Crippen LogP contribution in [0.5, 0.6) is 0 Å². The number of carboxylic acids is 1. The van der Waals surface area contributed by atoms with Gasteiger partial charge in [-0.25, -0.2) is 9.78 Å². The van der Waals surface area contributed by atoms with E-state index in [9.17, 15) is 14.7 Å². The van der Waals surface area contributed by atoms with Gasteiger partial charge in [0.2, 0.25) is 0 Å². The Kier molecular flexibility index (Phi) is 4.08. The van der Waals surface area contributed by atoms with Gasteiger partial charge in [-0.1, -0.05) is 11.6 Å². The van der Waals surface area contributed by atoms with Crippen LogP contribution in [0.4, 0.5) is 5.82 Å². The van der Waals surface area contributed by atoms with Crippen molar-refractivity contribution in [1.29, 1.82) is 0 Å². The molecular weight excluding hydrogens is 342 g/mol. The number of pyridine rings is 2. The van der Waals surface area contributed by atoms with E-state index in [1.165, 1.54) is 18.3 Å². The average Bonchev–Trinajstić information content (AvgIpc) is 2.81. The topological polar surface area (TPSA) is 83.4 Å². The van der Waals surface area contributed by atoms with E-state index in [2.05, 4.69) is 9.97 Å². The van der Waals surface area contributed by atoms with E-state index < -0.39 is 11.5 Å². The minimum absolute atomic E-state index is 0.0625. The Hall–Kier alpha value is -2.73. The van der Waals surface area contributed by atoms with Gasteiger partial charge in [-0.3, -0.25) is 14.7 Å². The number of anilines is 1. The Labute approximate surface area is 149 Å². The molecule has 1 aliphatic heterocycles. The number of carboxylic acid groups (broad SMARTS) is 1. The van der Waals surface area contributed by atoms with Gasteiger partial charge in [0.1, 0.15) is 5.82 Å². The molecule has 0 atom stereocenters. The number of aromatic carboxylic acids is 1. The molecule has 3 rings (SSSR count). The molecule has 0 saturated carbocycles. The largest absolute Gasteiger partial charge is 0.478 e. The van der Waals surface area contributed by atoms with Gasteiger partial charge in [0.25, 0.3) is 5.91 Å². The van der Waals surface area contributed by atoms with E-state index >= 15 is 0 Å². The predicted molar refractivity (Wildman–Crippen MR) is 95.6 cm³/mol. The maximum atomic E-state index is 13.0. The molecular formula is C18H16ClN3O3. The van der Waals surface area contributed by atoms with Gasteiger partial charge in [0.15, 0.2) is 0 Å². The van der Waals surface area contributed by atoms with Crippen molar-refractivity contribution >= 4 is 40.9 Å². The van der Waals surface area contributed by atoms with E-state index in [1.54, 1.807) is 23.2 Å². The first kappa shape index (κ1) is 17.1. The average molecular weight is 358 g/mol. The zero-order chi connectivity index (χ0) is 18.4. The minimum Gasteiger partial charge on any atom is -0.478 e. The SMILES string of the molecule is CC(C)(C)N1C(=O)/C(=C\c2ncc(Cl)cc2C(=O)O)c2cccnc21. The maximum Gasteiger partial charge on any atom is 0.337 e. The molecule has 0 aliphatic carbocycles. The van der Waals surface area contributed by atoms with Crippen molar-refractivity contribution in [2.45, 2.75) is 26.3 Å². The highest BCUT2D eigenvalue weighted by Crippen LogP contribution is 2.40. The van der Waals surface area contributed by atoms with Gasteiger partial charge in [-0.15, -0.1) is 0 Å². The third-order valence-corrected chi connectivity index (χ3v) is 4.00. The molecule has 6 nitrogen and oxygen atoms in total. The van der Waals surface area contributed by atoms with Gasteiger partial charge in [-0.2, -0.15) is 0 Å². The fourth-order valence-corrected chi connectivity index (χ4v) is 2.91. The lowest BCUT2D eigenvalue weighted by atomic mass is 10.1. The summed E-state index contributed by atoms with van der Waals surface area (Å²) in [5, 5.41) is 9.59. The number of nitrogens with zero attached hydrogens (tertiary/aromatic N) is 3. The van der Waals surface area contributed by atoms with Gasteiger partial charge in [-0.05, 0) is 45.0 Å². The number of fused-ring (bicyclic) bond motifs is 1. The summed E-state index contributed by atoms with van der Waals surface area (Å²) in [6.07, 6.45) is 4.46. The number of carbonyl (C=O) groups is 2. The zero-order valence-electron chi connectivity index (χ0n) is 13.9. The van der Waals surface area contributed by atoms with E-state index in [0.717, 1.165) is 0 Å². The van der Waals surface area contributed by atoms with E-state index in [0.29, 0.717) is 17.0 Å². The monoisotopic (exact) mass is 357 g/mol. The molecule has 0 radical (unpaired) electrons. The van der Waals surface area contributed by atoms with E-state index in [1.807, 2.05) is 20.8 Å². The van der Waals surface area contributed by atoms with Crippen molar-refractivity contribution < 1.29 is 14.7 Å². The molecule has 0 aromatic carbocycles. The van der Waals surface area contributed by atoms with E-state index in [4.69, 9.17) is 11.6 Å². The van der Waals surface area contributed by atoms with Crippen LogP contribution in [0.2, 0.25) is 5.02 Å². The summed E-state index contributed by atoms with van der Waals surface area (Å²) < 4.78 is 0. The van der Waals surface area contributed by atoms with Crippen LogP contribution in [0.1, 0.15) is 42.4 Å². The summed E-state index contributed by atoms with van der Waals surface area (Å²) in [7, 11) is 0. The summed E-state index contributed by atoms with van der Waals surface area (Å²) in [4.78, 5) is 34.4. The highest BCUT2D eigenvalue weighted by atomic mass is 35.5. The van der Waals surface area contributed by atoms with Crippen LogP contribution in [-0.4, -0.2) is 32.5 Å². The third-order valence-electron chi connectivity index (χ3n) is 3.79. The highest BCUT2D eigenvalue weighted by molar-refractivity contribution is 6.36. The summed E-state index contributed by atoms with van der Waals surface area (Å²) in [6.45, 7) is 5.74. The molecule has 128 valence electrons. The number of halogens is 1. The second-order valence-electron chi connectivity index (χ2n) is 6.64. The number of hydrogen-bond donors (Lipinski definition) is 1. The Morgan fingerprint density at radius 2 is 2.04 bits per heavy atom. The second-order valence-corrected chi connectivity index (χ2v) is 7.07. The molecule has 2 aromatic heterocycles. The Balaban J connectivity index is 2.20. The smallest absolute Gasteiger partial charge is 0.337 e. The molecule has 0 fully saturated rings. The number of carbonyl (C=O) groups excluding carboxylic acids is 1. The van der Waals surface area contributed by atoms with Crippen molar-refractivity contribution in [3.8, 4) is 0 Å². The Morgan fingerprint density at radius 1 is 1.32 bits per heavy atom. The standard InChI is InChI=1S/C18H16ClN3O3/c1-18(2,3)22-15-11(5-4-6-20-15)12(16(22)23)8-14-13(17(24)25)7-10(19)9-21-14/h4-9H,1-3H3,(H,24,25)/b12-8-. The first-order chi connectivity index (χ1) is 11.7.